The normalized spacial score (nSPS) is 12.8. The fraction of sp³-hybridized carbons (Fsp3) is 0.692. The molecule has 0 aliphatic rings. The van der Waals surface area contributed by atoms with Crippen molar-refractivity contribution in [2.24, 2.45) is 0 Å². The maximum atomic E-state index is 12.1. The Labute approximate surface area is 108 Å². The summed E-state index contributed by atoms with van der Waals surface area (Å²) in [5.41, 5.74) is 1.48. The lowest BCUT2D eigenvalue weighted by Crippen LogP contribution is -2.37. The van der Waals surface area contributed by atoms with Crippen LogP contribution in [0.3, 0.4) is 0 Å². The Morgan fingerprint density at radius 1 is 1.50 bits per heavy atom. The van der Waals surface area contributed by atoms with Crippen LogP contribution in [0.5, 0.6) is 0 Å². The van der Waals surface area contributed by atoms with Gasteiger partial charge < -0.3 is 10.4 Å². The van der Waals surface area contributed by atoms with Gasteiger partial charge in [-0.05, 0) is 25.3 Å². The Kier molecular flexibility index (Phi) is 5.34. The van der Waals surface area contributed by atoms with Crippen molar-refractivity contribution in [3.8, 4) is 0 Å². The monoisotopic (exact) mass is 253 g/mol. The molecule has 0 saturated heterocycles. The fourth-order valence-electron chi connectivity index (χ4n) is 1.68. The van der Waals surface area contributed by atoms with Gasteiger partial charge in [0.05, 0.1) is 18.3 Å². The molecule has 2 N–H and O–H groups in total. The summed E-state index contributed by atoms with van der Waals surface area (Å²) in [6, 6.07) is 1.63. The number of carbonyl (C=O) groups excluding carboxylic acids is 1. The van der Waals surface area contributed by atoms with Crippen molar-refractivity contribution in [2.75, 3.05) is 6.61 Å². The Bertz CT molecular complexity index is 395. The summed E-state index contributed by atoms with van der Waals surface area (Å²) < 4.78 is 1.70. The number of nitrogens with one attached hydrogen (secondary N) is 1. The fourth-order valence-corrected chi connectivity index (χ4v) is 1.68. The molecule has 0 aromatic carbocycles. The first-order chi connectivity index (χ1) is 8.53. The van der Waals surface area contributed by atoms with E-state index < -0.39 is 0 Å². The lowest BCUT2D eigenvalue weighted by atomic mass is 10.1. The molecule has 1 atom stereocenters. The molecule has 1 rings (SSSR count). The van der Waals surface area contributed by atoms with Gasteiger partial charge in [0.15, 0.2) is 0 Å². The van der Waals surface area contributed by atoms with Gasteiger partial charge in [0.1, 0.15) is 5.69 Å². The zero-order valence-corrected chi connectivity index (χ0v) is 11.6. The Morgan fingerprint density at radius 3 is 2.61 bits per heavy atom. The summed E-state index contributed by atoms with van der Waals surface area (Å²) in [5, 5.41) is 16.3. The van der Waals surface area contributed by atoms with Crippen LogP contribution in [0.25, 0.3) is 0 Å². The minimum atomic E-state index is -0.194. The van der Waals surface area contributed by atoms with E-state index in [4.69, 9.17) is 5.11 Å². The van der Waals surface area contributed by atoms with Gasteiger partial charge in [-0.2, -0.15) is 5.10 Å². The first-order valence-electron chi connectivity index (χ1n) is 6.52. The van der Waals surface area contributed by atoms with Crippen LogP contribution in [-0.4, -0.2) is 33.4 Å². The number of rotatable bonds is 6. The SMILES string of the molecule is CC[C@H](CO)NC(=O)c1cc(C(C)C)nn1CC. The van der Waals surface area contributed by atoms with Crippen LogP contribution < -0.4 is 5.32 Å². The number of aliphatic hydroxyl groups is 1. The van der Waals surface area contributed by atoms with Crippen LogP contribution >= 0.6 is 0 Å². The third-order valence-electron chi connectivity index (χ3n) is 2.97. The molecule has 0 unspecified atom stereocenters. The predicted molar refractivity (Wildman–Crippen MR) is 70.6 cm³/mol. The zero-order valence-electron chi connectivity index (χ0n) is 11.6. The molecule has 5 nitrogen and oxygen atoms in total. The molecule has 5 heteroatoms. The summed E-state index contributed by atoms with van der Waals surface area (Å²) in [5.74, 6) is 0.126. The van der Waals surface area contributed by atoms with E-state index in [-0.39, 0.29) is 18.6 Å². The van der Waals surface area contributed by atoms with E-state index in [0.717, 1.165) is 5.69 Å². The number of hydrogen-bond acceptors (Lipinski definition) is 3. The van der Waals surface area contributed by atoms with E-state index in [0.29, 0.717) is 24.6 Å². The molecule has 0 bridgehead atoms. The standard InChI is InChI=1S/C13H23N3O2/c1-5-10(8-17)14-13(18)12-7-11(9(3)4)15-16(12)6-2/h7,9-10,17H,5-6,8H2,1-4H3,(H,14,18)/t10-/m1/s1. The summed E-state index contributed by atoms with van der Waals surface area (Å²) in [6.45, 7) is 8.60. The highest BCUT2D eigenvalue weighted by Crippen LogP contribution is 2.14. The van der Waals surface area contributed by atoms with Gasteiger partial charge in [0.2, 0.25) is 0 Å². The molecular formula is C13H23N3O2. The van der Waals surface area contributed by atoms with Crippen molar-refractivity contribution in [2.45, 2.75) is 52.6 Å². The first-order valence-corrected chi connectivity index (χ1v) is 6.52. The second-order valence-corrected chi connectivity index (χ2v) is 4.69. The average Bonchev–Trinajstić information content (AvgIpc) is 2.79. The smallest absolute Gasteiger partial charge is 0.269 e. The van der Waals surface area contributed by atoms with Crippen LogP contribution in [0.1, 0.15) is 56.2 Å². The van der Waals surface area contributed by atoms with Crippen LogP contribution in [0.4, 0.5) is 0 Å². The van der Waals surface area contributed by atoms with E-state index in [1.54, 1.807) is 4.68 Å². The topological polar surface area (TPSA) is 67.2 Å². The van der Waals surface area contributed by atoms with Crippen molar-refractivity contribution in [3.63, 3.8) is 0 Å². The molecule has 1 aromatic rings. The Balaban J connectivity index is 2.90. The van der Waals surface area contributed by atoms with Crippen molar-refractivity contribution < 1.29 is 9.90 Å². The number of aliphatic hydroxyl groups excluding tert-OH is 1. The second kappa shape index (κ2) is 6.54. The van der Waals surface area contributed by atoms with Gasteiger partial charge in [-0.15, -0.1) is 0 Å². The number of carbonyl (C=O) groups is 1. The molecule has 0 aliphatic heterocycles. The van der Waals surface area contributed by atoms with Crippen LogP contribution in [0.2, 0.25) is 0 Å². The minimum absolute atomic E-state index is 0.0421. The largest absolute Gasteiger partial charge is 0.394 e. The molecule has 1 aromatic heterocycles. The lowest BCUT2D eigenvalue weighted by Gasteiger charge is -2.14. The Morgan fingerprint density at radius 2 is 2.17 bits per heavy atom. The van der Waals surface area contributed by atoms with E-state index >= 15 is 0 Å². The lowest BCUT2D eigenvalue weighted by molar-refractivity contribution is 0.0904. The highest BCUT2D eigenvalue weighted by molar-refractivity contribution is 5.92. The predicted octanol–water partition coefficient (Wildman–Crippen LogP) is 1.53. The highest BCUT2D eigenvalue weighted by atomic mass is 16.3. The van der Waals surface area contributed by atoms with Gasteiger partial charge >= 0.3 is 0 Å². The van der Waals surface area contributed by atoms with E-state index in [1.165, 1.54) is 0 Å². The first kappa shape index (κ1) is 14.7. The number of aryl methyl sites for hydroxylation is 1. The molecule has 0 fully saturated rings. The second-order valence-electron chi connectivity index (χ2n) is 4.69. The van der Waals surface area contributed by atoms with Gasteiger partial charge in [0.25, 0.3) is 5.91 Å². The number of hydrogen-bond donors (Lipinski definition) is 2. The quantitative estimate of drug-likeness (QED) is 0.808. The van der Waals surface area contributed by atoms with Crippen molar-refractivity contribution in [1.82, 2.24) is 15.1 Å². The molecule has 102 valence electrons. The molecule has 0 spiro atoms. The van der Waals surface area contributed by atoms with Crippen LogP contribution in [-0.2, 0) is 6.54 Å². The third-order valence-corrected chi connectivity index (χ3v) is 2.97. The molecule has 0 aliphatic carbocycles. The summed E-state index contributed by atoms with van der Waals surface area (Å²) in [4.78, 5) is 12.1. The van der Waals surface area contributed by atoms with Crippen molar-refractivity contribution in [1.29, 1.82) is 0 Å². The third kappa shape index (κ3) is 3.32. The Hall–Kier alpha value is -1.36. The van der Waals surface area contributed by atoms with Crippen LogP contribution in [0.15, 0.2) is 6.07 Å². The van der Waals surface area contributed by atoms with Crippen LogP contribution in [0, 0.1) is 0 Å². The number of nitrogens with zero attached hydrogens (tertiary/aromatic N) is 2. The zero-order chi connectivity index (χ0) is 13.7. The number of amides is 1. The van der Waals surface area contributed by atoms with E-state index in [9.17, 15) is 4.79 Å². The van der Waals surface area contributed by atoms with Crippen molar-refractivity contribution >= 4 is 5.91 Å². The summed E-state index contributed by atoms with van der Waals surface area (Å²) >= 11 is 0. The molecule has 1 amide bonds. The molecule has 0 saturated carbocycles. The summed E-state index contributed by atoms with van der Waals surface area (Å²) in [7, 11) is 0. The van der Waals surface area contributed by atoms with Gasteiger partial charge in [-0.25, -0.2) is 0 Å². The minimum Gasteiger partial charge on any atom is -0.394 e. The summed E-state index contributed by atoms with van der Waals surface area (Å²) in [6.07, 6.45) is 0.708. The van der Waals surface area contributed by atoms with E-state index in [2.05, 4.69) is 10.4 Å². The molecule has 1 heterocycles. The van der Waals surface area contributed by atoms with Gasteiger partial charge in [-0.1, -0.05) is 20.8 Å². The molecule has 18 heavy (non-hydrogen) atoms. The average molecular weight is 253 g/mol. The van der Waals surface area contributed by atoms with Gasteiger partial charge in [0, 0.05) is 6.54 Å². The van der Waals surface area contributed by atoms with E-state index in [1.807, 2.05) is 33.8 Å². The highest BCUT2D eigenvalue weighted by Gasteiger charge is 2.18. The van der Waals surface area contributed by atoms with Crippen molar-refractivity contribution in [3.05, 3.63) is 17.5 Å². The maximum absolute atomic E-state index is 12.1. The maximum Gasteiger partial charge on any atom is 0.269 e. The molecular weight excluding hydrogens is 230 g/mol. The van der Waals surface area contributed by atoms with Gasteiger partial charge in [-0.3, -0.25) is 9.48 Å². The molecule has 0 radical (unpaired) electrons. The number of aromatic nitrogens is 2.